The van der Waals surface area contributed by atoms with Crippen LogP contribution in [0.2, 0.25) is 0 Å². The van der Waals surface area contributed by atoms with E-state index in [1.807, 2.05) is 6.07 Å². The Hall–Kier alpha value is -4.21. The molecule has 0 spiro atoms. The van der Waals surface area contributed by atoms with Gasteiger partial charge in [0, 0.05) is 12.7 Å². The lowest BCUT2D eigenvalue weighted by atomic mass is 10.3. The molecular weight excluding hydrogens is 434 g/mol. The number of para-hydroxylation sites is 1. The first-order valence-corrected chi connectivity index (χ1v) is 10.7. The minimum absolute atomic E-state index is 0.106. The Bertz CT molecular complexity index is 1400. The van der Waals surface area contributed by atoms with Crippen molar-refractivity contribution in [3.63, 3.8) is 0 Å². The van der Waals surface area contributed by atoms with Gasteiger partial charge in [-0.3, -0.25) is 19.7 Å². The van der Waals surface area contributed by atoms with Gasteiger partial charge in [-0.15, -0.1) is 0 Å². The summed E-state index contributed by atoms with van der Waals surface area (Å²) in [7, 11) is -2.17. The largest absolute Gasteiger partial charge is 0.320 e. The first kappa shape index (κ1) is 22.5. The fraction of sp³-hybridized carbons (Fsp3) is 0.100. The summed E-state index contributed by atoms with van der Waals surface area (Å²) in [6.45, 7) is 1.69. The zero-order chi connectivity index (χ0) is 23.5. The van der Waals surface area contributed by atoms with Crippen molar-refractivity contribution < 1.29 is 13.2 Å². The molecule has 164 valence electrons. The third-order valence-electron chi connectivity index (χ3n) is 4.60. The molecule has 0 atom stereocenters. The highest BCUT2D eigenvalue weighted by atomic mass is 32.2. The first-order chi connectivity index (χ1) is 15.1. The van der Waals surface area contributed by atoms with Gasteiger partial charge in [0.15, 0.2) is 0 Å². The maximum Gasteiger partial charge on any atom is 0.296 e. The summed E-state index contributed by atoms with van der Waals surface area (Å²) in [5.41, 5.74) is 3.09. The molecule has 2 aromatic carbocycles. The Kier molecular flexibility index (Phi) is 6.24. The molecular formula is C20H19N7O4S. The summed E-state index contributed by atoms with van der Waals surface area (Å²) in [5, 5.41) is 20.6. The van der Waals surface area contributed by atoms with Crippen LogP contribution in [0.25, 0.3) is 5.69 Å². The van der Waals surface area contributed by atoms with Gasteiger partial charge in [0.05, 0.1) is 16.3 Å². The minimum Gasteiger partial charge on any atom is -0.320 e. The molecule has 0 aliphatic carbocycles. The summed E-state index contributed by atoms with van der Waals surface area (Å²) >= 11 is 0. The predicted molar refractivity (Wildman–Crippen MR) is 119 cm³/mol. The molecule has 0 radical (unpaired) electrons. The van der Waals surface area contributed by atoms with E-state index in [0.29, 0.717) is 11.4 Å². The Balaban J connectivity index is 1.83. The number of nitrogens with one attached hydrogen (secondary N) is 2. The van der Waals surface area contributed by atoms with Gasteiger partial charge >= 0.3 is 0 Å². The van der Waals surface area contributed by atoms with Crippen molar-refractivity contribution in [1.82, 2.24) is 9.36 Å². The van der Waals surface area contributed by atoms with E-state index in [9.17, 15) is 23.3 Å². The Morgan fingerprint density at radius 2 is 1.75 bits per heavy atom. The second-order valence-corrected chi connectivity index (χ2v) is 8.21. The number of hydrogen-bond donors (Lipinski definition) is 3. The summed E-state index contributed by atoms with van der Waals surface area (Å²) in [6, 6.07) is 15.7. The van der Waals surface area contributed by atoms with E-state index in [1.54, 1.807) is 49.0 Å². The topological polar surface area (TPSA) is 164 Å². The van der Waals surface area contributed by atoms with Crippen LogP contribution in [0.15, 0.2) is 69.4 Å². The molecule has 12 heteroatoms. The third-order valence-corrected chi connectivity index (χ3v) is 5.52. The highest BCUT2D eigenvalue weighted by molar-refractivity contribution is 7.89. The second kappa shape index (κ2) is 8.88. The van der Waals surface area contributed by atoms with E-state index in [2.05, 4.69) is 15.8 Å². The van der Waals surface area contributed by atoms with Crippen molar-refractivity contribution in [3.05, 3.63) is 70.6 Å². The van der Waals surface area contributed by atoms with Crippen LogP contribution in [0.1, 0.15) is 5.69 Å². The van der Waals surface area contributed by atoms with Gasteiger partial charge in [-0.25, -0.2) is 18.2 Å². The monoisotopic (exact) mass is 453 g/mol. The van der Waals surface area contributed by atoms with Gasteiger partial charge in [0.25, 0.3) is 11.5 Å². The van der Waals surface area contributed by atoms with Crippen LogP contribution >= 0.6 is 0 Å². The molecule has 0 unspecified atom stereocenters. The zero-order valence-corrected chi connectivity index (χ0v) is 17.9. The number of nitrogens with zero attached hydrogens (tertiary/aromatic N) is 4. The fourth-order valence-electron chi connectivity index (χ4n) is 2.85. The number of nitrogens with two attached hydrogens (primary N) is 1. The lowest BCUT2D eigenvalue weighted by Gasteiger charge is -2.07. The van der Waals surface area contributed by atoms with E-state index in [0.717, 1.165) is 0 Å². The number of carbonyl (C=O) groups is 1. The van der Waals surface area contributed by atoms with E-state index < -0.39 is 27.2 Å². The second-order valence-electron chi connectivity index (χ2n) is 6.64. The number of carbonyl (C=O) groups excluding carboxylic acids is 1. The molecule has 1 amide bonds. The summed E-state index contributed by atoms with van der Waals surface area (Å²) in [6.07, 6.45) is 0. The van der Waals surface area contributed by atoms with Crippen molar-refractivity contribution in [2.24, 2.45) is 17.3 Å². The number of hydrogen-bond acceptors (Lipinski definition) is 7. The van der Waals surface area contributed by atoms with E-state index in [-0.39, 0.29) is 16.3 Å². The highest BCUT2D eigenvalue weighted by Crippen LogP contribution is 2.15. The Labute approximate surface area is 183 Å². The van der Waals surface area contributed by atoms with E-state index in [4.69, 9.17) is 5.14 Å². The Morgan fingerprint density at radius 3 is 2.31 bits per heavy atom. The van der Waals surface area contributed by atoms with Gasteiger partial charge in [-0.05, 0) is 43.3 Å². The molecule has 1 aromatic heterocycles. The van der Waals surface area contributed by atoms with Crippen LogP contribution in [0.5, 0.6) is 0 Å². The number of amides is 1. The lowest BCUT2D eigenvalue weighted by Crippen LogP contribution is -2.24. The average molecular weight is 453 g/mol. The lowest BCUT2D eigenvalue weighted by molar-refractivity contribution is -0.110. The summed E-state index contributed by atoms with van der Waals surface area (Å²) in [5.74, 6) is -0.847. The number of aromatic nitrogens is 2. The SMILES string of the molecule is Cc1c(N/N=C(\C#N)C(=O)Nc2ccc(S(N)(=O)=O)cc2)c(=O)n(-c2ccccc2)n1C. The molecule has 0 aliphatic heterocycles. The van der Waals surface area contributed by atoms with Gasteiger partial charge in [-0.2, -0.15) is 10.4 Å². The van der Waals surface area contributed by atoms with Crippen LogP contribution in [0.3, 0.4) is 0 Å². The van der Waals surface area contributed by atoms with Crippen LogP contribution in [0.4, 0.5) is 11.4 Å². The van der Waals surface area contributed by atoms with Gasteiger partial charge in [-0.1, -0.05) is 18.2 Å². The molecule has 1 heterocycles. The average Bonchev–Trinajstić information content (AvgIpc) is 2.97. The number of nitriles is 1. The van der Waals surface area contributed by atoms with Crippen molar-refractivity contribution in [2.75, 3.05) is 10.7 Å². The molecule has 3 aromatic rings. The molecule has 4 N–H and O–H groups in total. The predicted octanol–water partition coefficient (Wildman–Crippen LogP) is 1.06. The highest BCUT2D eigenvalue weighted by Gasteiger charge is 2.17. The third kappa shape index (κ3) is 4.59. The number of benzene rings is 2. The molecule has 11 nitrogen and oxygen atoms in total. The fourth-order valence-corrected chi connectivity index (χ4v) is 3.37. The van der Waals surface area contributed by atoms with Gasteiger partial charge in [0.1, 0.15) is 11.8 Å². The first-order valence-electron chi connectivity index (χ1n) is 9.15. The Morgan fingerprint density at radius 1 is 1.12 bits per heavy atom. The molecule has 0 saturated carbocycles. The quantitative estimate of drug-likeness (QED) is 0.373. The van der Waals surface area contributed by atoms with Crippen LogP contribution in [0, 0.1) is 18.3 Å². The normalized spacial score (nSPS) is 11.6. The molecule has 0 fully saturated rings. The van der Waals surface area contributed by atoms with Crippen LogP contribution in [-0.4, -0.2) is 29.4 Å². The standard InChI is InChI=1S/C20H19N7O4S/c1-13-18(20(29)27(26(13)2)15-6-4-3-5-7-15)25-24-17(12-21)19(28)23-14-8-10-16(11-9-14)32(22,30)31/h3-11,25H,1-2H3,(H,23,28)(H2,22,30,31)/b24-17+. The van der Waals surface area contributed by atoms with Crippen LogP contribution in [-0.2, 0) is 21.9 Å². The van der Waals surface area contributed by atoms with E-state index >= 15 is 0 Å². The smallest absolute Gasteiger partial charge is 0.296 e. The van der Waals surface area contributed by atoms with Crippen molar-refractivity contribution in [1.29, 1.82) is 5.26 Å². The number of hydrazone groups is 1. The van der Waals surface area contributed by atoms with Gasteiger partial charge in [0.2, 0.25) is 15.7 Å². The number of anilines is 2. The van der Waals surface area contributed by atoms with Crippen molar-refractivity contribution >= 4 is 33.0 Å². The van der Waals surface area contributed by atoms with Crippen LogP contribution < -0.4 is 21.4 Å². The molecule has 0 aliphatic rings. The molecule has 32 heavy (non-hydrogen) atoms. The zero-order valence-electron chi connectivity index (χ0n) is 17.1. The summed E-state index contributed by atoms with van der Waals surface area (Å²) < 4.78 is 25.6. The minimum atomic E-state index is -3.87. The molecule has 0 saturated heterocycles. The maximum atomic E-state index is 12.9. The maximum absolute atomic E-state index is 12.9. The van der Waals surface area contributed by atoms with Crippen molar-refractivity contribution in [3.8, 4) is 11.8 Å². The molecule has 0 bridgehead atoms. The van der Waals surface area contributed by atoms with Crippen molar-refractivity contribution in [2.45, 2.75) is 11.8 Å². The molecule has 3 rings (SSSR count). The summed E-state index contributed by atoms with van der Waals surface area (Å²) in [4.78, 5) is 25.1. The number of primary sulfonamides is 1. The number of rotatable bonds is 6. The van der Waals surface area contributed by atoms with Gasteiger partial charge < -0.3 is 5.32 Å². The number of sulfonamides is 1. The van der Waals surface area contributed by atoms with E-state index in [1.165, 1.54) is 28.9 Å².